The van der Waals surface area contributed by atoms with Crippen LogP contribution in [-0.2, 0) is 13.1 Å². The Labute approximate surface area is 157 Å². The predicted molar refractivity (Wildman–Crippen MR) is 106 cm³/mol. The maximum atomic E-state index is 12.4. The molecular weight excluding hydrogens is 338 g/mol. The van der Waals surface area contributed by atoms with E-state index in [9.17, 15) is 9.90 Å². The number of hydrogen-bond acceptors (Lipinski definition) is 4. The van der Waals surface area contributed by atoms with Crippen molar-refractivity contribution < 1.29 is 9.90 Å². The number of carbonyl (C=O) groups is 1. The lowest BCUT2D eigenvalue weighted by atomic mass is 10.1. The van der Waals surface area contributed by atoms with Crippen LogP contribution in [0.15, 0.2) is 77.9 Å². The summed E-state index contributed by atoms with van der Waals surface area (Å²) in [7, 11) is 0. The van der Waals surface area contributed by atoms with Crippen LogP contribution in [0.3, 0.4) is 0 Å². The van der Waals surface area contributed by atoms with Crippen molar-refractivity contribution in [3.05, 3.63) is 95.1 Å². The first-order valence-corrected chi connectivity index (χ1v) is 8.73. The predicted octanol–water partition coefficient (Wildman–Crippen LogP) is 3.68. The van der Waals surface area contributed by atoms with Crippen LogP contribution in [0.5, 0.6) is 5.75 Å². The summed E-state index contributed by atoms with van der Waals surface area (Å²) >= 11 is 0. The van der Waals surface area contributed by atoms with E-state index in [-0.39, 0.29) is 11.7 Å². The van der Waals surface area contributed by atoms with Crippen LogP contribution in [0.1, 0.15) is 27.0 Å². The minimum atomic E-state index is -0.273. The molecule has 1 aliphatic rings. The monoisotopic (exact) mass is 357 g/mol. The van der Waals surface area contributed by atoms with E-state index in [1.54, 1.807) is 30.3 Å². The fourth-order valence-corrected chi connectivity index (χ4v) is 3.19. The molecule has 0 bridgehead atoms. The molecule has 27 heavy (non-hydrogen) atoms. The van der Waals surface area contributed by atoms with Gasteiger partial charge in [0.05, 0.1) is 6.21 Å². The average molecular weight is 357 g/mol. The highest BCUT2D eigenvalue weighted by Crippen LogP contribution is 2.28. The number of hydrazone groups is 1. The molecule has 134 valence electrons. The molecule has 0 saturated heterocycles. The minimum Gasteiger partial charge on any atom is -0.508 e. The molecule has 0 spiro atoms. The van der Waals surface area contributed by atoms with Gasteiger partial charge in [-0.05, 0) is 47.0 Å². The fraction of sp³-hybridized carbons (Fsp3) is 0.0909. The molecule has 1 amide bonds. The van der Waals surface area contributed by atoms with E-state index in [1.165, 1.54) is 17.3 Å². The van der Waals surface area contributed by atoms with Gasteiger partial charge in [0.2, 0.25) is 0 Å². The number of fused-ring (bicyclic) bond motifs is 1. The van der Waals surface area contributed by atoms with Gasteiger partial charge < -0.3 is 10.0 Å². The standard InChI is InChI=1S/C22H19N3O2/c26-21-10-3-5-16(11-21)13-23-24-22(27)17-8-4-9-20(12-17)25-14-18-6-1-2-7-19(18)15-25/h1-13,26H,14-15H2,(H,24,27). The number of hydrogen-bond donors (Lipinski definition) is 2. The Morgan fingerprint density at radius 2 is 1.70 bits per heavy atom. The maximum absolute atomic E-state index is 12.4. The Kier molecular flexibility index (Phi) is 4.58. The molecule has 3 aromatic rings. The zero-order valence-electron chi connectivity index (χ0n) is 14.7. The first-order chi connectivity index (χ1) is 13.2. The molecule has 3 aromatic carbocycles. The van der Waals surface area contributed by atoms with Crippen LogP contribution in [0.2, 0.25) is 0 Å². The number of rotatable bonds is 4. The summed E-state index contributed by atoms with van der Waals surface area (Å²) in [6.07, 6.45) is 1.50. The van der Waals surface area contributed by atoms with Crippen molar-refractivity contribution in [2.45, 2.75) is 13.1 Å². The minimum absolute atomic E-state index is 0.157. The highest BCUT2D eigenvalue weighted by Gasteiger charge is 2.19. The van der Waals surface area contributed by atoms with Crippen LogP contribution in [0.4, 0.5) is 5.69 Å². The number of carbonyl (C=O) groups excluding carboxylic acids is 1. The zero-order chi connectivity index (χ0) is 18.6. The number of nitrogens with zero attached hydrogens (tertiary/aromatic N) is 2. The average Bonchev–Trinajstić information content (AvgIpc) is 3.12. The lowest BCUT2D eigenvalue weighted by Gasteiger charge is -2.18. The van der Waals surface area contributed by atoms with Gasteiger partial charge in [-0.25, -0.2) is 5.43 Å². The van der Waals surface area contributed by atoms with E-state index in [2.05, 4.69) is 39.7 Å². The summed E-state index contributed by atoms with van der Waals surface area (Å²) in [5, 5.41) is 13.4. The van der Waals surface area contributed by atoms with E-state index in [0.717, 1.165) is 18.8 Å². The van der Waals surface area contributed by atoms with E-state index in [0.29, 0.717) is 11.1 Å². The van der Waals surface area contributed by atoms with Crippen molar-refractivity contribution in [1.29, 1.82) is 0 Å². The van der Waals surface area contributed by atoms with Gasteiger partial charge in [0.25, 0.3) is 5.91 Å². The van der Waals surface area contributed by atoms with Gasteiger partial charge in [-0.2, -0.15) is 5.10 Å². The third-order valence-electron chi connectivity index (χ3n) is 4.56. The quantitative estimate of drug-likeness (QED) is 0.553. The molecule has 5 nitrogen and oxygen atoms in total. The van der Waals surface area contributed by atoms with Crippen molar-refractivity contribution >= 4 is 17.8 Å². The number of phenolic OH excluding ortho intramolecular Hbond substituents is 1. The molecule has 4 rings (SSSR count). The Balaban J connectivity index is 1.44. The van der Waals surface area contributed by atoms with Crippen molar-refractivity contribution in [1.82, 2.24) is 5.43 Å². The van der Waals surface area contributed by atoms with Crippen LogP contribution >= 0.6 is 0 Å². The summed E-state index contributed by atoms with van der Waals surface area (Å²) < 4.78 is 0. The topological polar surface area (TPSA) is 64.9 Å². The molecule has 0 unspecified atom stereocenters. The maximum Gasteiger partial charge on any atom is 0.271 e. The second-order valence-electron chi connectivity index (χ2n) is 6.47. The Bertz CT molecular complexity index is 989. The van der Waals surface area contributed by atoms with E-state index in [1.807, 2.05) is 18.2 Å². The van der Waals surface area contributed by atoms with E-state index in [4.69, 9.17) is 0 Å². The third kappa shape index (κ3) is 3.82. The molecule has 2 N–H and O–H groups in total. The Hall–Kier alpha value is -3.60. The largest absolute Gasteiger partial charge is 0.508 e. The first-order valence-electron chi connectivity index (χ1n) is 8.73. The lowest BCUT2D eigenvalue weighted by Crippen LogP contribution is -2.19. The smallest absolute Gasteiger partial charge is 0.271 e. The van der Waals surface area contributed by atoms with Crippen molar-refractivity contribution in [2.75, 3.05) is 4.90 Å². The number of aromatic hydroxyl groups is 1. The van der Waals surface area contributed by atoms with Gasteiger partial charge in [0.15, 0.2) is 0 Å². The van der Waals surface area contributed by atoms with Crippen molar-refractivity contribution in [2.24, 2.45) is 5.10 Å². The van der Waals surface area contributed by atoms with Crippen LogP contribution < -0.4 is 10.3 Å². The summed E-state index contributed by atoms with van der Waals surface area (Å²) in [5.41, 5.74) is 7.45. The van der Waals surface area contributed by atoms with E-state index >= 15 is 0 Å². The van der Waals surface area contributed by atoms with Gasteiger partial charge in [0.1, 0.15) is 5.75 Å². The molecule has 5 heteroatoms. The Morgan fingerprint density at radius 3 is 2.44 bits per heavy atom. The summed E-state index contributed by atoms with van der Waals surface area (Å²) in [5.74, 6) is -0.116. The SMILES string of the molecule is O=C(NN=Cc1cccc(O)c1)c1cccc(N2Cc3ccccc3C2)c1. The molecule has 0 radical (unpaired) electrons. The third-order valence-corrected chi connectivity index (χ3v) is 4.56. The molecule has 1 heterocycles. The molecule has 0 atom stereocenters. The molecular formula is C22H19N3O2. The summed E-state index contributed by atoms with van der Waals surface area (Å²) in [4.78, 5) is 14.6. The number of phenols is 1. The Morgan fingerprint density at radius 1 is 0.963 bits per heavy atom. The lowest BCUT2D eigenvalue weighted by molar-refractivity contribution is 0.0955. The molecule has 1 aliphatic heterocycles. The van der Waals surface area contributed by atoms with Crippen LogP contribution in [-0.4, -0.2) is 17.2 Å². The second-order valence-corrected chi connectivity index (χ2v) is 6.47. The summed E-state index contributed by atoms with van der Waals surface area (Å²) in [6, 6.07) is 22.6. The summed E-state index contributed by atoms with van der Waals surface area (Å²) in [6.45, 7) is 1.69. The number of amides is 1. The van der Waals surface area contributed by atoms with Crippen molar-refractivity contribution in [3.8, 4) is 5.75 Å². The fourth-order valence-electron chi connectivity index (χ4n) is 3.19. The van der Waals surface area contributed by atoms with Gasteiger partial charge in [0, 0.05) is 24.3 Å². The van der Waals surface area contributed by atoms with Crippen molar-refractivity contribution in [3.63, 3.8) is 0 Å². The molecule has 0 aliphatic carbocycles. The molecule has 0 aromatic heterocycles. The van der Waals surface area contributed by atoms with E-state index < -0.39 is 0 Å². The van der Waals surface area contributed by atoms with Gasteiger partial charge in [-0.1, -0.05) is 42.5 Å². The number of nitrogens with one attached hydrogen (secondary N) is 1. The highest BCUT2D eigenvalue weighted by molar-refractivity contribution is 5.95. The zero-order valence-corrected chi connectivity index (χ0v) is 14.7. The molecule has 0 saturated carbocycles. The normalized spacial score (nSPS) is 13.0. The van der Waals surface area contributed by atoms with Gasteiger partial charge >= 0.3 is 0 Å². The van der Waals surface area contributed by atoms with Crippen LogP contribution in [0.25, 0.3) is 0 Å². The highest BCUT2D eigenvalue weighted by atomic mass is 16.3. The first kappa shape index (κ1) is 16.8. The second kappa shape index (κ2) is 7.33. The number of anilines is 1. The molecule has 0 fully saturated rings. The van der Waals surface area contributed by atoms with Crippen LogP contribution in [0, 0.1) is 0 Å². The van der Waals surface area contributed by atoms with Gasteiger partial charge in [-0.3, -0.25) is 4.79 Å². The van der Waals surface area contributed by atoms with Gasteiger partial charge in [-0.15, -0.1) is 0 Å². The number of benzene rings is 3.